The predicted octanol–water partition coefficient (Wildman–Crippen LogP) is 3.36. The monoisotopic (exact) mass is 367 g/mol. The van der Waals surface area contributed by atoms with Gasteiger partial charge in [-0.05, 0) is 37.1 Å². The summed E-state index contributed by atoms with van der Waals surface area (Å²) in [6.07, 6.45) is 2.36. The van der Waals surface area contributed by atoms with Gasteiger partial charge in [-0.25, -0.2) is 0 Å². The Morgan fingerprint density at radius 3 is 2.50 bits per heavy atom. The minimum atomic E-state index is -0.174. The second kappa shape index (κ2) is 7.41. The highest BCUT2D eigenvalue weighted by Crippen LogP contribution is 2.35. The van der Waals surface area contributed by atoms with Gasteiger partial charge in [0, 0.05) is 18.0 Å². The van der Waals surface area contributed by atoms with E-state index in [-0.39, 0.29) is 18.4 Å². The van der Waals surface area contributed by atoms with E-state index in [0.717, 1.165) is 35.0 Å². The van der Waals surface area contributed by atoms with E-state index in [1.807, 2.05) is 48.5 Å². The topological polar surface area (TPSA) is 52.7 Å². The fraction of sp³-hybridized carbons (Fsp3) is 0.300. The number of hydrogen-bond acceptors (Lipinski definition) is 4. The minimum Gasteiger partial charge on any atom is -0.370 e. The number of benzene rings is 2. The number of carbonyl (C=O) groups excluding carboxylic acids is 2. The molecule has 2 heterocycles. The predicted molar refractivity (Wildman–Crippen MR) is 106 cm³/mol. The van der Waals surface area contributed by atoms with Crippen LogP contribution in [0.5, 0.6) is 0 Å². The number of nitrogens with one attached hydrogen (secondary N) is 1. The van der Waals surface area contributed by atoms with Gasteiger partial charge in [0.15, 0.2) is 0 Å². The number of nitrogens with zero attached hydrogens (tertiary/aromatic N) is 2. The summed E-state index contributed by atoms with van der Waals surface area (Å²) in [5.41, 5.74) is 2.68. The zero-order valence-corrected chi connectivity index (χ0v) is 15.3. The van der Waals surface area contributed by atoms with Crippen LogP contribution >= 0.6 is 11.8 Å². The van der Waals surface area contributed by atoms with Crippen molar-refractivity contribution in [1.29, 1.82) is 0 Å². The Morgan fingerprint density at radius 1 is 1.00 bits per heavy atom. The lowest BCUT2D eigenvalue weighted by Gasteiger charge is -2.28. The van der Waals surface area contributed by atoms with E-state index in [1.165, 1.54) is 24.6 Å². The molecule has 2 aromatic rings. The Bertz CT molecular complexity index is 833. The molecule has 0 atom stereocenters. The summed E-state index contributed by atoms with van der Waals surface area (Å²) < 4.78 is 0. The van der Waals surface area contributed by atoms with Gasteiger partial charge >= 0.3 is 0 Å². The summed E-state index contributed by atoms with van der Waals surface area (Å²) in [4.78, 5) is 29.9. The molecule has 0 unspecified atom stereocenters. The first-order valence-electron chi connectivity index (χ1n) is 8.88. The van der Waals surface area contributed by atoms with E-state index in [1.54, 1.807) is 4.90 Å². The third-order valence-electron chi connectivity index (χ3n) is 4.73. The van der Waals surface area contributed by atoms with Crippen LogP contribution in [0.3, 0.4) is 0 Å². The Labute approximate surface area is 157 Å². The lowest BCUT2D eigenvalue weighted by Crippen LogP contribution is -2.41. The van der Waals surface area contributed by atoms with Crippen molar-refractivity contribution in [3.8, 4) is 0 Å². The Kier molecular flexibility index (Phi) is 4.84. The summed E-state index contributed by atoms with van der Waals surface area (Å²) in [6, 6.07) is 15.6. The van der Waals surface area contributed by atoms with Gasteiger partial charge < -0.3 is 15.1 Å². The summed E-state index contributed by atoms with van der Waals surface area (Å²) >= 11 is 1.52. The van der Waals surface area contributed by atoms with Crippen LogP contribution in [0.25, 0.3) is 0 Å². The van der Waals surface area contributed by atoms with Gasteiger partial charge in [-0.2, -0.15) is 0 Å². The number of rotatable bonds is 4. The summed E-state index contributed by atoms with van der Waals surface area (Å²) in [7, 11) is 0. The Morgan fingerprint density at radius 2 is 1.69 bits per heavy atom. The molecule has 1 N–H and O–H groups in total. The number of thioether (sulfide) groups is 1. The molecule has 2 amide bonds. The molecule has 2 aliphatic rings. The maximum Gasteiger partial charge on any atom is 0.244 e. The van der Waals surface area contributed by atoms with Crippen LogP contribution in [0.2, 0.25) is 0 Å². The third kappa shape index (κ3) is 3.42. The Hall–Kier alpha value is -2.47. The van der Waals surface area contributed by atoms with Crippen LogP contribution in [0.15, 0.2) is 53.4 Å². The molecule has 0 radical (unpaired) electrons. The van der Waals surface area contributed by atoms with Crippen molar-refractivity contribution in [3.63, 3.8) is 0 Å². The number of carbonyl (C=O) groups is 2. The van der Waals surface area contributed by atoms with Crippen LogP contribution < -0.4 is 15.1 Å². The molecule has 6 heteroatoms. The number of para-hydroxylation sites is 3. The molecule has 0 aromatic heterocycles. The lowest BCUT2D eigenvalue weighted by atomic mass is 10.2. The van der Waals surface area contributed by atoms with E-state index >= 15 is 0 Å². The second-order valence-electron chi connectivity index (χ2n) is 6.50. The largest absolute Gasteiger partial charge is 0.370 e. The zero-order valence-electron chi connectivity index (χ0n) is 14.5. The highest BCUT2D eigenvalue weighted by atomic mass is 32.2. The molecule has 2 aromatic carbocycles. The van der Waals surface area contributed by atoms with Gasteiger partial charge in [0.05, 0.1) is 22.8 Å². The van der Waals surface area contributed by atoms with Crippen molar-refractivity contribution >= 4 is 40.6 Å². The molecule has 0 bridgehead atoms. The molecule has 0 spiro atoms. The van der Waals surface area contributed by atoms with Crippen LogP contribution in [0.4, 0.5) is 17.1 Å². The van der Waals surface area contributed by atoms with Crippen LogP contribution in [0.1, 0.15) is 12.8 Å². The van der Waals surface area contributed by atoms with Crippen LogP contribution in [-0.4, -0.2) is 37.2 Å². The van der Waals surface area contributed by atoms with Crippen molar-refractivity contribution in [2.24, 2.45) is 0 Å². The van der Waals surface area contributed by atoms with E-state index in [4.69, 9.17) is 0 Å². The number of fused-ring (bicyclic) bond motifs is 1. The number of anilines is 3. The molecule has 4 rings (SSSR count). The molecule has 2 aliphatic heterocycles. The molecule has 0 aliphatic carbocycles. The van der Waals surface area contributed by atoms with Crippen molar-refractivity contribution < 1.29 is 9.59 Å². The summed E-state index contributed by atoms with van der Waals surface area (Å²) in [5, 5.41) is 3.00. The van der Waals surface area contributed by atoms with Crippen LogP contribution in [0, 0.1) is 0 Å². The zero-order chi connectivity index (χ0) is 17.9. The van der Waals surface area contributed by atoms with E-state index in [0.29, 0.717) is 5.75 Å². The highest BCUT2D eigenvalue weighted by molar-refractivity contribution is 8.00. The van der Waals surface area contributed by atoms with Gasteiger partial charge in [-0.15, -0.1) is 11.8 Å². The van der Waals surface area contributed by atoms with Crippen molar-refractivity contribution in [2.75, 3.05) is 40.5 Å². The van der Waals surface area contributed by atoms with Gasteiger partial charge in [0.1, 0.15) is 6.54 Å². The smallest absolute Gasteiger partial charge is 0.244 e. The number of amides is 2. The van der Waals surface area contributed by atoms with E-state index in [9.17, 15) is 9.59 Å². The molecule has 134 valence electrons. The maximum atomic E-state index is 12.7. The fourth-order valence-corrected chi connectivity index (χ4v) is 4.41. The Balaban J connectivity index is 1.51. The first-order chi connectivity index (χ1) is 12.7. The molecule has 0 saturated carbocycles. The molecule has 5 nitrogen and oxygen atoms in total. The van der Waals surface area contributed by atoms with E-state index in [2.05, 4.69) is 10.2 Å². The second-order valence-corrected chi connectivity index (χ2v) is 7.51. The van der Waals surface area contributed by atoms with Crippen molar-refractivity contribution in [2.45, 2.75) is 17.7 Å². The van der Waals surface area contributed by atoms with E-state index < -0.39 is 0 Å². The lowest BCUT2D eigenvalue weighted by molar-refractivity contribution is -0.120. The van der Waals surface area contributed by atoms with Gasteiger partial charge in [-0.3, -0.25) is 9.59 Å². The first-order valence-corrected chi connectivity index (χ1v) is 9.87. The summed E-state index contributed by atoms with van der Waals surface area (Å²) in [6.45, 7) is 2.06. The average molecular weight is 367 g/mol. The van der Waals surface area contributed by atoms with Gasteiger partial charge in [0.2, 0.25) is 11.8 Å². The highest BCUT2D eigenvalue weighted by Gasteiger charge is 2.26. The van der Waals surface area contributed by atoms with Crippen molar-refractivity contribution in [1.82, 2.24) is 0 Å². The average Bonchev–Trinajstić information content (AvgIpc) is 3.19. The minimum absolute atomic E-state index is 0.0309. The molecule has 1 fully saturated rings. The molecular weight excluding hydrogens is 346 g/mol. The van der Waals surface area contributed by atoms with Crippen LogP contribution in [-0.2, 0) is 9.59 Å². The molecule has 26 heavy (non-hydrogen) atoms. The first kappa shape index (κ1) is 17.0. The van der Waals surface area contributed by atoms with Gasteiger partial charge in [0.25, 0.3) is 0 Å². The quantitative estimate of drug-likeness (QED) is 0.900. The molecular formula is C20H21N3O2S. The fourth-order valence-electron chi connectivity index (χ4n) is 3.47. The SMILES string of the molecule is O=C(CN1C(=O)CSc2ccccc21)Nc1ccccc1N1CCCC1. The molecule has 1 saturated heterocycles. The standard InChI is InChI=1S/C20H21N3O2S/c24-19(13-23-17-9-3-4-10-18(17)26-14-20(23)25)21-15-7-1-2-8-16(15)22-11-5-6-12-22/h1-4,7-10H,5-6,11-14H2,(H,21,24). The maximum absolute atomic E-state index is 12.7. The third-order valence-corrected chi connectivity index (χ3v) is 5.78. The van der Waals surface area contributed by atoms with Crippen molar-refractivity contribution in [3.05, 3.63) is 48.5 Å². The van der Waals surface area contributed by atoms with Gasteiger partial charge in [-0.1, -0.05) is 24.3 Å². The normalized spacial score (nSPS) is 16.5. The summed E-state index contributed by atoms with van der Waals surface area (Å²) in [5.74, 6) is 0.164. The number of hydrogen-bond donors (Lipinski definition) is 1.